The van der Waals surface area contributed by atoms with Crippen molar-refractivity contribution >= 4 is 11.8 Å². The maximum Gasteiger partial charge on any atom is 0.253 e. The van der Waals surface area contributed by atoms with E-state index in [-0.39, 0.29) is 11.8 Å². The van der Waals surface area contributed by atoms with Crippen LogP contribution in [0.15, 0.2) is 42.7 Å². The van der Waals surface area contributed by atoms with Gasteiger partial charge in [-0.2, -0.15) is 5.10 Å². The van der Waals surface area contributed by atoms with Crippen LogP contribution in [0, 0.1) is 5.41 Å². The third-order valence-corrected chi connectivity index (χ3v) is 4.76. The van der Waals surface area contributed by atoms with E-state index in [9.17, 15) is 9.59 Å². The minimum atomic E-state index is -0.565. The summed E-state index contributed by atoms with van der Waals surface area (Å²) in [5.74, 6) is -0.0199. The third-order valence-electron chi connectivity index (χ3n) is 4.76. The summed E-state index contributed by atoms with van der Waals surface area (Å²) in [6, 6.07) is 9.24. The third kappa shape index (κ3) is 3.90. The summed E-state index contributed by atoms with van der Waals surface area (Å²) in [7, 11) is 1.85. The van der Waals surface area contributed by atoms with Crippen molar-refractivity contribution in [2.45, 2.75) is 26.3 Å². The molecule has 1 aromatic heterocycles. The maximum absolute atomic E-state index is 12.7. The van der Waals surface area contributed by atoms with Crippen molar-refractivity contribution in [2.24, 2.45) is 12.5 Å². The number of nitrogens with zero attached hydrogens (tertiary/aromatic N) is 3. The molecule has 132 valence electrons. The molecule has 0 saturated carbocycles. The molecule has 1 saturated heterocycles. The molecule has 2 aromatic rings. The monoisotopic (exact) mass is 340 g/mol. The minimum absolute atomic E-state index is 0.00779. The molecule has 0 radical (unpaired) electrons. The number of aromatic nitrogens is 2. The van der Waals surface area contributed by atoms with E-state index in [1.165, 1.54) is 0 Å². The van der Waals surface area contributed by atoms with Gasteiger partial charge < -0.3 is 10.2 Å². The highest BCUT2D eigenvalue weighted by atomic mass is 16.2. The van der Waals surface area contributed by atoms with Crippen LogP contribution in [-0.2, 0) is 18.4 Å². The van der Waals surface area contributed by atoms with E-state index in [0.717, 1.165) is 18.4 Å². The maximum atomic E-state index is 12.7. The van der Waals surface area contributed by atoms with Crippen LogP contribution in [0.3, 0.4) is 0 Å². The van der Waals surface area contributed by atoms with Crippen molar-refractivity contribution in [1.82, 2.24) is 20.0 Å². The van der Waals surface area contributed by atoms with Gasteiger partial charge in [-0.1, -0.05) is 18.2 Å². The van der Waals surface area contributed by atoms with Gasteiger partial charge in [-0.05, 0) is 31.9 Å². The second-order valence-corrected chi connectivity index (χ2v) is 6.96. The summed E-state index contributed by atoms with van der Waals surface area (Å²) in [6.45, 7) is 3.53. The van der Waals surface area contributed by atoms with Crippen molar-refractivity contribution in [1.29, 1.82) is 0 Å². The van der Waals surface area contributed by atoms with Crippen molar-refractivity contribution in [3.8, 4) is 0 Å². The van der Waals surface area contributed by atoms with Crippen molar-refractivity contribution in [3.63, 3.8) is 0 Å². The smallest absolute Gasteiger partial charge is 0.253 e. The molecule has 2 heterocycles. The van der Waals surface area contributed by atoms with Crippen molar-refractivity contribution in [2.75, 3.05) is 13.1 Å². The molecule has 0 spiro atoms. The van der Waals surface area contributed by atoms with Gasteiger partial charge in [-0.15, -0.1) is 0 Å². The quantitative estimate of drug-likeness (QED) is 0.925. The second-order valence-electron chi connectivity index (χ2n) is 6.96. The standard InChI is InChI=1S/C19H24N4O2/c1-19(18(25)20-11-15-12-21-22(2)13-15)9-6-10-23(14-19)17(24)16-7-4-3-5-8-16/h3-5,7-8,12-13H,6,9-11,14H2,1-2H3,(H,20,25)/t19-/m1/s1. The summed E-state index contributed by atoms with van der Waals surface area (Å²) in [4.78, 5) is 27.2. The number of hydrogen-bond acceptors (Lipinski definition) is 3. The molecule has 25 heavy (non-hydrogen) atoms. The Hall–Kier alpha value is -2.63. The van der Waals surface area contributed by atoms with Gasteiger partial charge in [-0.25, -0.2) is 0 Å². The number of aryl methyl sites for hydroxylation is 1. The lowest BCUT2D eigenvalue weighted by Gasteiger charge is -2.39. The first kappa shape index (κ1) is 17.2. The molecule has 6 nitrogen and oxygen atoms in total. The lowest BCUT2D eigenvalue weighted by atomic mass is 9.80. The molecule has 0 aliphatic carbocycles. The van der Waals surface area contributed by atoms with Crippen LogP contribution < -0.4 is 5.32 Å². The fraction of sp³-hybridized carbons (Fsp3) is 0.421. The first-order chi connectivity index (χ1) is 12.0. The number of rotatable bonds is 4. The van der Waals surface area contributed by atoms with Gasteiger partial charge in [0.05, 0.1) is 11.6 Å². The number of benzene rings is 1. The average molecular weight is 340 g/mol. The van der Waals surface area contributed by atoms with Gasteiger partial charge in [0.1, 0.15) is 0 Å². The van der Waals surface area contributed by atoms with E-state index in [1.54, 1.807) is 15.8 Å². The number of piperidine rings is 1. The zero-order valence-electron chi connectivity index (χ0n) is 14.7. The predicted octanol–water partition coefficient (Wildman–Crippen LogP) is 1.98. The average Bonchev–Trinajstić information content (AvgIpc) is 3.05. The fourth-order valence-electron chi connectivity index (χ4n) is 3.32. The van der Waals surface area contributed by atoms with Crippen LogP contribution in [0.25, 0.3) is 0 Å². The highest BCUT2D eigenvalue weighted by Gasteiger charge is 2.39. The highest BCUT2D eigenvalue weighted by molar-refractivity contribution is 5.95. The Bertz CT molecular complexity index is 756. The van der Waals surface area contributed by atoms with Gasteiger partial charge >= 0.3 is 0 Å². The van der Waals surface area contributed by atoms with Crippen LogP contribution in [0.1, 0.15) is 35.7 Å². The zero-order chi connectivity index (χ0) is 17.9. The molecule has 1 fully saturated rings. The van der Waals surface area contributed by atoms with E-state index in [2.05, 4.69) is 10.4 Å². The normalized spacial score (nSPS) is 20.3. The lowest BCUT2D eigenvalue weighted by molar-refractivity contribution is -0.132. The Morgan fingerprint density at radius 1 is 1.28 bits per heavy atom. The first-order valence-electron chi connectivity index (χ1n) is 8.58. The number of carbonyl (C=O) groups is 2. The fourth-order valence-corrected chi connectivity index (χ4v) is 3.32. The minimum Gasteiger partial charge on any atom is -0.351 e. The summed E-state index contributed by atoms with van der Waals surface area (Å²) < 4.78 is 1.71. The van der Waals surface area contributed by atoms with Crippen LogP contribution in [-0.4, -0.2) is 39.6 Å². The molecule has 0 unspecified atom stereocenters. The second kappa shape index (κ2) is 7.09. The van der Waals surface area contributed by atoms with Crippen LogP contribution in [0.4, 0.5) is 0 Å². The summed E-state index contributed by atoms with van der Waals surface area (Å²) in [6.07, 6.45) is 5.24. The number of likely N-dealkylation sites (tertiary alicyclic amines) is 1. The van der Waals surface area contributed by atoms with Gasteiger partial charge in [0.15, 0.2) is 0 Å². The molecule has 1 atom stereocenters. The first-order valence-corrected chi connectivity index (χ1v) is 8.58. The van der Waals surface area contributed by atoms with Crippen LogP contribution in [0.2, 0.25) is 0 Å². The molecular weight excluding hydrogens is 316 g/mol. The number of nitrogens with one attached hydrogen (secondary N) is 1. The Kier molecular flexibility index (Phi) is 4.88. The van der Waals surface area contributed by atoms with Crippen LogP contribution >= 0.6 is 0 Å². The molecule has 6 heteroatoms. The van der Waals surface area contributed by atoms with E-state index in [0.29, 0.717) is 25.2 Å². The summed E-state index contributed by atoms with van der Waals surface area (Å²) in [5, 5.41) is 7.10. The molecule has 1 N–H and O–H groups in total. The Morgan fingerprint density at radius 2 is 2.04 bits per heavy atom. The van der Waals surface area contributed by atoms with Gasteiger partial charge in [-0.3, -0.25) is 14.3 Å². The molecule has 1 aromatic carbocycles. The number of amides is 2. The number of carbonyl (C=O) groups excluding carboxylic acids is 2. The van der Waals surface area contributed by atoms with Crippen molar-refractivity contribution < 1.29 is 9.59 Å². The van der Waals surface area contributed by atoms with Crippen LogP contribution in [0.5, 0.6) is 0 Å². The lowest BCUT2D eigenvalue weighted by Crippen LogP contribution is -2.51. The molecule has 1 aliphatic rings. The van der Waals surface area contributed by atoms with Gasteiger partial charge in [0.2, 0.25) is 5.91 Å². The van der Waals surface area contributed by atoms with E-state index in [1.807, 2.05) is 50.5 Å². The molecular formula is C19H24N4O2. The predicted molar refractivity (Wildman–Crippen MR) is 94.7 cm³/mol. The molecule has 1 aliphatic heterocycles. The van der Waals surface area contributed by atoms with E-state index >= 15 is 0 Å². The van der Waals surface area contributed by atoms with E-state index < -0.39 is 5.41 Å². The SMILES string of the molecule is Cn1cc(CNC(=O)[C@]2(C)CCCN(C(=O)c3ccccc3)C2)cn1. The van der Waals surface area contributed by atoms with Gasteiger partial charge in [0, 0.05) is 44.0 Å². The zero-order valence-corrected chi connectivity index (χ0v) is 14.7. The molecule has 0 bridgehead atoms. The highest BCUT2D eigenvalue weighted by Crippen LogP contribution is 2.30. The van der Waals surface area contributed by atoms with Crippen molar-refractivity contribution in [3.05, 3.63) is 53.9 Å². The summed E-state index contributed by atoms with van der Waals surface area (Å²) >= 11 is 0. The molecule has 2 amide bonds. The Balaban J connectivity index is 1.64. The Labute approximate surface area is 147 Å². The largest absolute Gasteiger partial charge is 0.351 e. The molecule has 3 rings (SSSR count). The topological polar surface area (TPSA) is 67.2 Å². The number of hydrogen-bond donors (Lipinski definition) is 1. The Morgan fingerprint density at radius 3 is 2.72 bits per heavy atom. The van der Waals surface area contributed by atoms with E-state index in [4.69, 9.17) is 0 Å². The summed E-state index contributed by atoms with van der Waals surface area (Å²) in [5.41, 5.74) is 1.07. The van der Waals surface area contributed by atoms with Gasteiger partial charge in [0.25, 0.3) is 5.91 Å².